The zero-order chi connectivity index (χ0) is 16.3. The minimum Gasteiger partial charge on any atom is -0.313 e. The molecule has 0 aliphatic rings. The fourth-order valence-electron chi connectivity index (χ4n) is 1.69. The van der Waals surface area contributed by atoms with Crippen LogP contribution in [-0.2, 0) is 0 Å². The fraction of sp³-hybridized carbons (Fsp3) is 0.812. The molecule has 0 fully saturated rings. The highest BCUT2D eigenvalue weighted by Gasteiger charge is 2.09. The highest BCUT2D eigenvalue weighted by Crippen LogP contribution is 2.21. The van der Waals surface area contributed by atoms with E-state index in [1.54, 1.807) is 0 Å². The van der Waals surface area contributed by atoms with Gasteiger partial charge in [0.05, 0.1) is 12.1 Å². The predicted octanol–water partition coefficient (Wildman–Crippen LogP) is 4.84. The second-order valence-corrected chi connectivity index (χ2v) is 8.41. The largest absolute Gasteiger partial charge is 0.313 e. The molecule has 3 nitrogen and oxygen atoms in total. The lowest BCUT2D eigenvalue weighted by Crippen LogP contribution is -2.12. The van der Waals surface area contributed by atoms with Gasteiger partial charge >= 0.3 is 0 Å². The van der Waals surface area contributed by atoms with Crippen molar-refractivity contribution in [1.82, 2.24) is 0 Å². The Labute approximate surface area is 148 Å². The summed E-state index contributed by atoms with van der Waals surface area (Å²) in [6, 6.07) is 4.39. The van der Waals surface area contributed by atoms with Crippen LogP contribution in [0.15, 0.2) is 0 Å². The molecule has 0 amide bonds. The Morgan fingerprint density at radius 1 is 0.818 bits per heavy atom. The first kappa shape index (κ1) is 21.7. The lowest BCUT2D eigenvalue weighted by Gasteiger charge is -2.16. The van der Waals surface area contributed by atoms with Crippen molar-refractivity contribution in [2.24, 2.45) is 5.92 Å². The van der Waals surface area contributed by atoms with Crippen LogP contribution in [0.1, 0.15) is 38.5 Å². The summed E-state index contributed by atoms with van der Waals surface area (Å²) in [5.74, 6) is 7.56. The summed E-state index contributed by atoms with van der Waals surface area (Å²) in [7, 11) is 0. The molecule has 0 spiro atoms. The maximum atomic E-state index is 8.54. The number of rotatable bonds is 16. The van der Waals surface area contributed by atoms with Gasteiger partial charge in [-0.15, -0.1) is 0 Å². The van der Waals surface area contributed by atoms with E-state index in [4.69, 9.17) is 15.9 Å². The molecule has 0 heterocycles. The van der Waals surface area contributed by atoms with E-state index < -0.39 is 0 Å². The highest BCUT2D eigenvalue weighted by molar-refractivity contribution is 8.01. The third kappa shape index (κ3) is 16.1. The third-order valence-corrected chi connectivity index (χ3v) is 6.71. The minimum atomic E-state index is 0.666. The molecule has 0 bridgehead atoms. The molecular formula is C16H27N3S3. The Morgan fingerprint density at radius 2 is 1.27 bits per heavy atom. The molecule has 0 aromatic carbocycles. The van der Waals surface area contributed by atoms with Gasteiger partial charge in [0.1, 0.15) is 0 Å². The summed E-state index contributed by atoms with van der Waals surface area (Å²) in [6.45, 7) is 0. The number of hydrogen-bond donors (Lipinski definition) is 1. The van der Waals surface area contributed by atoms with Crippen LogP contribution >= 0.6 is 35.3 Å². The first-order valence-electron chi connectivity index (χ1n) is 7.81. The first-order chi connectivity index (χ1) is 10.8. The van der Waals surface area contributed by atoms with E-state index in [2.05, 4.69) is 12.1 Å². The van der Waals surface area contributed by atoms with Crippen LogP contribution in [0.3, 0.4) is 0 Å². The Kier molecular flexibility index (Phi) is 18.5. The Morgan fingerprint density at radius 3 is 1.68 bits per heavy atom. The molecule has 0 aromatic heterocycles. The summed E-state index contributed by atoms with van der Waals surface area (Å²) in [4.78, 5) is 0. The SMILES string of the molecule is N#CCCCSCC(CSCCCC#N)CSCCCC=N. The zero-order valence-corrected chi connectivity index (χ0v) is 15.7. The lowest BCUT2D eigenvalue weighted by atomic mass is 10.3. The van der Waals surface area contributed by atoms with E-state index in [9.17, 15) is 0 Å². The van der Waals surface area contributed by atoms with Crippen molar-refractivity contribution < 1.29 is 0 Å². The number of nitriles is 2. The molecule has 0 radical (unpaired) electrons. The Bertz CT molecular complexity index is 313. The standard InChI is InChI=1S/C16H27N3S3/c17-7-1-4-10-20-13-16(14-21-11-5-2-8-18)15-22-12-6-3-9-19/h7,16-17H,1-6,10-15H2. The van der Waals surface area contributed by atoms with Crippen molar-refractivity contribution in [3.8, 4) is 12.1 Å². The van der Waals surface area contributed by atoms with Gasteiger partial charge < -0.3 is 5.41 Å². The van der Waals surface area contributed by atoms with Gasteiger partial charge in [0.15, 0.2) is 0 Å². The molecule has 0 rings (SSSR count). The van der Waals surface area contributed by atoms with Gasteiger partial charge in [0.2, 0.25) is 0 Å². The van der Waals surface area contributed by atoms with Gasteiger partial charge in [-0.05, 0) is 72.3 Å². The summed E-state index contributed by atoms with van der Waals surface area (Å²) in [5.41, 5.74) is 0. The maximum Gasteiger partial charge on any atom is 0.0622 e. The van der Waals surface area contributed by atoms with Crippen molar-refractivity contribution in [2.45, 2.75) is 38.5 Å². The lowest BCUT2D eigenvalue weighted by molar-refractivity contribution is 0.774. The number of nitrogens with zero attached hydrogens (tertiary/aromatic N) is 2. The van der Waals surface area contributed by atoms with Crippen molar-refractivity contribution in [1.29, 1.82) is 15.9 Å². The van der Waals surface area contributed by atoms with Crippen LogP contribution in [0.2, 0.25) is 0 Å². The summed E-state index contributed by atoms with van der Waals surface area (Å²) in [6.07, 6.45) is 6.81. The van der Waals surface area contributed by atoms with E-state index >= 15 is 0 Å². The number of thioether (sulfide) groups is 3. The molecule has 0 unspecified atom stereocenters. The zero-order valence-electron chi connectivity index (χ0n) is 13.3. The van der Waals surface area contributed by atoms with Crippen LogP contribution in [0.25, 0.3) is 0 Å². The summed E-state index contributed by atoms with van der Waals surface area (Å²) in [5, 5.41) is 24.1. The van der Waals surface area contributed by atoms with Crippen molar-refractivity contribution in [3.05, 3.63) is 0 Å². The molecule has 0 aliphatic heterocycles. The van der Waals surface area contributed by atoms with Gasteiger partial charge in [-0.3, -0.25) is 0 Å². The van der Waals surface area contributed by atoms with E-state index in [1.807, 2.05) is 35.3 Å². The molecule has 0 saturated carbocycles. The highest BCUT2D eigenvalue weighted by atomic mass is 32.2. The van der Waals surface area contributed by atoms with Crippen molar-refractivity contribution >= 4 is 41.5 Å². The average molecular weight is 358 g/mol. The summed E-state index contributed by atoms with van der Waals surface area (Å²) < 4.78 is 0. The van der Waals surface area contributed by atoms with Gasteiger partial charge in [0, 0.05) is 12.8 Å². The van der Waals surface area contributed by atoms with Crippen LogP contribution in [0.4, 0.5) is 0 Å². The fourth-order valence-corrected chi connectivity index (χ4v) is 5.41. The van der Waals surface area contributed by atoms with Crippen LogP contribution in [-0.4, -0.2) is 40.7 Å². The van der Waals surface area contributed by atoms with Gasteiger partial charge in [-0.1, -0.05) is 0 Å². The van der Waals surface area contributed by atoms with Crippen molar-refractivity contribution in [2.75, 3.05) is 34.5 Å². The third-order valence-electron chi connectivity index (χ3n) is 2.85. The predicted molar refractivity (Wildman–Crippen MR) is 103 cm³/mol. The number of unbranched alkanes of at least 4 members (excludes halogenated alkanes) is 3. The molecule has 124 valence electrons. The van der Waals surface area contributed by atoms with E-state index in [0.29, 0.717) is 18.8 Å². The monoisotopic (exact) mass is 357 g/mol. The molecule has 1 N–H and O–H groups in total. The average Bonchev–Trinajstić information content (AvgIpc) is 2.53. The van der Waals surface area contributed by atoms with Crippen LogP contribution in [0.5, 0.6) is 0 Å². The van der Waals surface area contributed by atoms with Crippen LogP contribution in [0, 0.1) is 34.0 Å². The number of hydrogen-bond acceptors (Lipinski definition) is 6. The summed E-state index contributed by atoms with van der Waals surface area (Å²) >= 11 is 5.95. The van der Waals surface area contributed by atoms with Gasteiger partial charge in [0.25, 0.3) is 0 Å². The smallest absolute Gasteiger partial charge is 0.0622 e. The molecule has 6 heteroatoms. The second kappa shape index (κ2) is 18.7. The van der Waals surface area contributed by atoms with E-state index in [1.165, 1.54) is 23.5 Å². The first-order valence-corrected chi connectivity index (χ1v) is 11.3. The number of nitrogens with one attached hydrogen (secondary N) is 1. The molecule has 0 atom stereocenters. The molecular weight excluding hydrogens is 330 g/mol. The van der Waals surface area contributed by atoms with Crippen molar-refractivity contribution in [3.63, 3.8) is 0 Å². The topological polar surface area (TPSA) is 71.4 Å². The molecule has 0 saturated heterocycles. The van der Waals surface area contributed by atoms with Gasteiger partial charge in [-0.25, -0.2) is 0 Å². The molecule has 0 aromatic rings. The Hall–Kier alpha value is -0.300. The minimum absolute atomic E-state index is 0.666. The normalized spacial score (nSPS) is 10.3. The quantitative estimate of drug-likeness (QED) is 0.316. The van der Waals surface area contributed by atoms with Gasteiger partial charge in [-0.2, -0.15) is 45.8 Å². The van der Waals surface area contributed by atoms with E-state index in [-0.39, 0.29) is 0 Å². The maximum absolute atomic E-state index is 8.54. The van der Waals surface area contributed by atoms with Crippen LogP contribution < -0.4 is 0 Å². The second-order valence-electron chi connectivity index (χ2n) is 4.96. The molecule has 0 aliphatic carbocycles. The Balaban J connectivity index is 3.79. The van der Waals surface area contributed by atoms with E-state index in [0.717, 1.165) is 42.9 Å². The molecule has 22 heavy (non-hydrogen) atoms.